The molecule has 1 heterocycles. The first kappa shape index (κ1) is 20.2. The van der Waals surface area contributed by atoms with Gasteiger partial charge >= 0.3 is 6.18 Å². The van der Waals surface area contributed by atoms with Gasteiger partial charge < -0.3 is 9.80 Å². The van der Waals surface area contributed by atoms with Gasteiger partial charge in [-0.1, -0.05) is 24.3 Å². The van der Waals surface area contributed by atoms with E-state index in [-0.39, 0.29) is 5.91 Å². The van der Waals surface area contributed by atoms with Gasteiger partial charge in [0.05, 0.1) is 5.56 Å². The van der Waals surface area contributed by atoms with Crippen molar-refractivity contribution in [3.8, 4) is 0 Å². The number of carbonyl (C=O) groups excluding carboxylic acids is 1. The van der Waals surface area contributed by atoms with Crippen molar-refractivity contribution in [2.45, 2.75) is 32.9 Å². The third kappa shape index (κ3) is 4.86. The maximum atomic E-state index is 12.9. The molecule has 0 bridgehead atoms. The van der Waals surface area contributed by atoms with Crippen molar-refractivity contribution < 1.29 is 18.0 Å². The van der Waals surface area contributed by atoms with Crippen LogP contribution in [0.2, 0.25) is 0 Å². The Kier molecular flexibility index (Phi) is 5.96. The van der Waals surface area contributed by atoms with Crippen LogP contribution in [0.15, 0.2) is 42.5 Å². The number of piperazine rings is 1. The van der Waals surface area contributed by atoms with E-state index in [1.807, 2.05) is 9.80 Å². The van der Waals surface area contributed by atoms with Gasteiger partial charge in [0.15, 0.2) is 0 Å². The van der Waals surface area contributed by atoms with Gasteiger partial charge in [0.2, 0.25) is 5.91 Å². The fraction of sp³-hybridized carbons (Fsp3) is 0.409. The Morgan fingerprint density at radius 1 is 0.964 bits per heavy atom. The number of halogens is 3. The zero-order valence-corrected chi connectivity index (χ0v) is 16.2. The van der Waals surface area contributed by atoms with E-state index in [1.54, 1.807) is 6.07 Å². The largest absolute Gasteiger partial charge is 0.416 e. The number of aryl methyl sites for hydroxylation is 3. The Hall–Kier alpha value is -2.50. The van der Waals surface area contributed by atoms with Gasteiger partial charge in [0.1, 0.15) is 0 Å². The number of hydrogen-bond donors (Lipinski definition) is 0. The fourth-order valence-corrected chi connectivity index (χ4v) is 3.46. The summed E-state index contributed by atoms with van der Waals surface area (Å²) >= 11 is 0. The summed E-state index contributed by atoms with van der Waals surface area (Å²) in [5.74, 6) is 0.0990. The molecule has 1 amide bonds. The second-order valence-corrected chi connectivity index (χ2v) is 7.33. The Morgan fingerprint density at radius 2 is 1.68 bits per heavy atom. The van der Waals surface area contributed by atoms with Crippen molar-refractivity contribution in [1.29, 1.82) is 0 Å². The van der Waals surface area contributed by atoms with Crippen LogP contribution >= 0.6 is 0 Å². The molecule has 150 valence electrons. The van der Waals surface area contributed by atoms with E-state index in [1.165, 1.54) is 23.3 Å². The summed E-state index contributed by atoms with van der Waals surface area (Å²) in [6, 6.07) is 11.6. The van der Waals surface area contributed by atoms with Crippen molar-refractivity contribution in [3.05, 3.63) is 64.7 Å². The van der Waals surface area contributed by atoms with E-state index in [2.05, 4.69) is 32.0 Å². The molecule has 0 aliphatic carbocycles. The highest BCUT2D eigenvalue weighted by Gasteiger charge is 2.31. The first-order valence-corrected chi connectivity index (χ1v) is 9.50. The summed E-state index contributed by atoms with van der Waals surface area (Å²) in [6.45, 7) is 6.26. The summed E-state index contributed by atoms with van der Waals surface area (Å²) in [6.07, 6.45) is -3.19. The second kappa shape index (κ2) is 8.25. The molecule has 0 spiro atoms. The van der Waals surface area contributed by atoms with Gasteiger partial charge in [0, 0.05) is 38.3 Å². The van der Waals surface area contributed by atoms with Crippen molar-refractivity contribution in [2.24, 2.45) is 0 Å². The Labute approximate surface area is 163 Å². The molecule has 1 fully saturated rings. The Bertz CT molecular complexity index is 840. The van der Waals surface area contributed by atoms with Crippen LogP contribution in [-0.4, -0.2) is 37.0 Å². The monoisotopic (exact) mass is 390 g/mol. The lowest BCUT2D eigenvalue weighted by Crippen LogP contribution is -2.48. The summed E-state index contributed by atoms with van der Waals surface area (Å²) in [4.78, 5) is 16.2. The van der Waals surface area contributed by atoms with Crippen LogP contribution in [0, 0.1) is 13.8 Å². The zero-order valence-electron chi connectivity index (χ0n) is 16.2. The van der Waals surface area contributed by atoms with E-state index in [9.17, 15) is 18.0 Å². The number of benzene rings is 2. The summed E-state index contributed by atoms with van der Waals surface area (Å²) in [7, 11) is 0. The maximum absolute atomic E-state index is 12.9. The van der Waals surface area contributed by atoms with Crippen molar-refractivity contribution in [1.82, 2.24) is 4.90 Å². The van der Waals surface area contributed by atoms with Gasteiger partial charge in [-0.15, -0.1) is 0 Å². The van der Waals surface area contributed by atoms with Crippen molar-refractivity contribution in [2.75, 3.05) is 31.1 Å². The predicted octanol–water partition coefficient (Wildman–Crippen LogP) is 4.60. The first-order valence-electron chi connectivity index (χ1n) is 9.50. The first-order chi connectivity index (χ1) is 13.2. The van der Waals surface area contributed by atoms with Gasteiger partial charge in [-0.25, -0.2) is 0 Å². The van der Waals surface area contributed by atoms with E-state index >= 15 is 0 Å². The second-order valence-electron chi connectivity index (χ2n) is 7.33. The third-order valence-electron chi connectivity index (χ3n) is 5.37. The molecule has 2 aromatic rings. The summed E-state index contributed by atoms with van der Waals surface area (Å²) in [5.41, 5.74) is 3.52. The molecule has 3 nitrogen and oxygen atoms in total. The molecule has 0 aromatic heterocycles. The van der Waals surface area contributed by atoms with E-state index in [0.29, 0.717) is 44.7 Å². The number of carbonyl (C=O) groups is 1. The minimum Gasteiger partial charge on any atom is -0.368 e. The SMILES string of the molecule is Cc1ccc(CCC(=O)N2CCN(c3cccc(C(F)(F)F)c3)CC2)cc1C. The molecule has 0 radical (unpaired) electrons. The van der Waals surface area contributed by atoms with Gasteiger partial charge in [-0.05, 0) is 55.2 Å². The van der Waals surface area contributed by atoms with Crippen LogP contribution in [0.25, 0.3) is 0 Å². The summed E-state index contributed by atoms with van der Waals surface area (Å²) < 4.78 is 38.7. The quantitative estimate of drug-likeness (QED) is 0.762. The molecule has 28 heavy (non-hydrogen) atoms. The molecule has 3 rings (SSSR count). The Morgan fingerprint density at radius 3 is 2.32 bits per heavy atom. The van der Waals surface area contributed by atoms with Gasteiger partial charge in [-0.3, -0.25) is 4.79 Å². The van der Waals surface area contributed by atoms with Crippen molar-refractivity contribution >= 4 is 11.6 Å². The third-order valence-corrected chi connectivity index (χ3v) is 5.37. The average Bonchev–Trinajstić information content (AvgIpc) is 2.68. The van der Waals surface area contributed by atoms with E-state index in [0.717, 1.165) is 11.6 Å². The molecule has 0 unspecified atom stereocenters. The smallest absolute Gasteiger partial charge is 0.368 e. The van der Waals surface area contributed by atoms with E-state index in [4.69, 9.17) is 0 Å². The zero-order chi connectivity index (χ0) is 20.3. The lowest BCUT2D eigenvalue weighted by molar-refractivity contribution is -0.137. The molecule has 0 saturated carbocycles. The van der Waals surface area contributed by atoms with Crippen LogP contribution in [-0.2, 0) is 17.4 Å². The Balaban J connectivity index is 1.53. The molecule has 1 aliphatic heterocycles. The number of alkyl halides is 3. The fourth-order valence-electron chi connectivity index (χ4n) is 3.46. The number of rotatable bonds is 4. The highest BCUT2D eigenvalue weighted by Crippen LogP contribution is 2.31. The predicted molar refractivity (Wildman–Crippen MR) is 104 cm³/mol. The van der Waals surface area contributed by atoms with Gasteiger partial charge in [0.25, 0.3) is 0 Å². The lowest BCUT2D eigenvalue weighted by atomic mass is 10.0. The molecular weight excluding hydrogens is 365 g/mol. The summed E-state index contributed by atoms with van der Waals surface area (Å²) in [5, 5.41) is 0. The highest BCUT2D eigenvalue weighted by atomic mass is 19.4. The normalized spacial score (nSPS) is 15.0. The number of anilines is 1. The van der Waals surface area contributed by atoms with Crippen LogP contribution in [0.4, 0.5) is 18.9 Å². The maximum Gasteiger partial charge on any atom is 0.416 e. The number of nitrogens with zero attached hydrogens (tertiary/aromatic N) is 2. The van der Waals surface area contributed by atoms with Crippen LogP contribution in [0.5, 0.6) is 0 Å². The topological polar surface area (TPSA) is 23.6 Å². The minimum atomic E-state index is -4.35. The van der Waals surface area contributed by atoms with Crippen LogP contribution in [0.3, 0.4) is 0 Å². The van der Waals surface area contributed by atoms with Crippen LogP contribution in [0.1, 0.15) is 28.7 Å². The number of hydrogen-bond acceptors (Lipinski definition) is 2. The molecular formula is C22H25F3N2O. The molecule has 0 atom stereocenters. The highest BCUT2D eigenvalue weighted by molar-refractivity contribution is 5.76. The molecule has 1 saturated heterocycles. The lowest BCUT2D eigenvalue weighted by Gasteiger charge is -2.36. The molecule has 6 heteroatoms. The molecule has 1 aliphatic rings. The van der Waals surface area contributed by atoms with Crippen molar-refractivity contribution in [3.63, 3.8) is 0 Å². The van der Waals surface area contributed by atoms with E-state index < -0.39 is 11.7 Å². The molecule has 2 aromatic carbocycles. The van der Waals surface area contributed by atoms with Gasteiger partial charge in [-0.2, -0.15) is 13.2 Å². The number of amides is 1. The molecule has 0 N–H and O–H groups in total. The minimum absolute atomic E-state index is 0.0990. The average molecular weight is 390 g/mol. The van der Waals surface area contributed by atoms with Crippen LogP contribution < -0.4 is 4.90 Å². The standard InChI is InChI=1S/C22H25F3N2O/c1-16-6-7-18(14-17(16)2)8-9-21(28)27-12-10-26(11-13-27)20-5-3-4-19(15-20)22(23,24)25/h3-7,14-15H,8-13H2,1-2H3.